The van der Waals surface area contributed by atoms with Gasteiger partial charge in [0.05, 0.1) is 4.90 Å². The summed E-state index contributed by atoms with van der Waals surface area (Å²) in [6.07, 6.45) is 0. The van der Waals surface area contributed by atoms with E-state index in [-0.39, 0.29) is 16.8 Å². The van der Waals surface area contributed by atoms with Crippen LogP contribution >= 0.6 is 0 Å². The third-order valence-electron chi connectivity index (χ3n) is 1.98. The fourth-order valence-electron chi connectivity index (χ4n) is 0.933. The Morgan fingerprint density at radius 3 is 1.88 bits per heavy atom. The van der Waals surface area contributed by atoms with E-state index in [0.717, 1.165) is 5.56 Å². The van der Waals surface area contributed by atoms with Crippen LogP contribution in [0.25, 0.3) is 0 Å². The first-order valence-corrected chi connectivity index (χ1v) is 7.50. The zero-order chi connectivity index (χ0) is 19.5. The van der Waals surface area contributed by atoms with E-state index in [2.05, 4.69) is 10.8 Å². The first-order valence-electron chi connectivity index (χ1n) is 6.06. The molecule has 136 valence electrons. The molecule has 0 saturated carbocycles. The van der Waals surface area contributed by atoms with Gasteiger partial charge in [-0.1, -0.05) is 17.7 Å². The van der Waals surface area contributed by atoms with Gasteiger partial charge in [0.15, 0.2) is 11.0 Å². The van der Waals surface area contributed by atoms with Crippen molar-refractivity contribution in [1.82, 2.24) is 4.90 Å². The second-order valence-electron chi connectivity index (χ2n) is 4.33. The number of aryl methyl sites for hydroxylation is 1. The number of nitrogens with one attached hydrogen (secondary N) is 1. The number of aliphatic imine (C=N–C) groups is 1. The van der Waals surface area contributed by atoms with E-state index in [1.807, 2.05) is 6.92 Å². The molecular formula is C11H21N7O5S. The average Bonchev–Trinajstić information content (AvgIpc) is 2.37. The molecule has 0 spiro atoms. The normalized spacial score (nSPS) is 9.33. The Labute approximate surface area is 139 Å². The topological polar surface area (TPSA) is 215 Å². The van der Waals surface area contributed by atoms with Gasteiger partial charge in [0.2, 0.25) is 5.96 Å². The molecule has 12 nitrogen and oxygen atoms in total. The summed E-state index contributed by atoms with van der Waals surface area (Å²) < 4.78 is 29.6. The lowest BCUT2D eigenvalue weighted by Gasteiger charge is -2.07. The molecule has 1 aromatic carbocycles. The minimum Gasteiger partial charge on any atom is -0.370 e. The maximum atomic E-state index is 10.5. The minimum absolute atomic E-state index is 0.0509. The smallest absolute Gasteiger partial charge is 0.294 e. The van der Waals surface area contributed by atoms with E-state index >= 15 is 0 Å². The second-order valence-corrected chi connectivity index (χ2v) is 5.75. The summed E-state index contributed by atoms with van der Waals surface area (Å²) in [4.78, 5) is 13.5. The lowest BCUT2D eigenvalue weighted by atomic mass is 10.2. The van der Waals surface area contributed by atoms with Gasteiger partial charge in [0.1, 0.15) is 0 Å². The largest absolute Gasteiger partial charge is 0.370 e. The van der Waals surface area contributed by atoms with Crippen LogP contribution in [-0.2, 0) is 10.1 Å². The van der Waals surface area contributed by atoms with Crippen LogP contribution in [0, 0.1) is 22.4 Å². The van der Waals surface area contributed by atoms with Crippen molar-refractivity contribution >= 4 is 22.0 Å². The summed E-state index contributed by atoms with van der Waals surface area (Å²) in [6, 6.07) is 5.99. The van der Waals surface area contributed by atoms with Gasteiger partial charge in [-0.3, -0.25) is 9.96 Å². The molecular weight excluding hydrogens is 342 g/mol. The van der Waals surface area contributed by atoms with Crippen LogP contribution in [0.2, 0.25) is 0 Å². The predicted molar refractivity (Wildman–Crippen MR) is 89.4 cm³/mol. The lowest BCUT2D eigenvalue weighted by Crippen LogP contribution is -2.28. The number of hydrazine groups is 1. The van der Waals surface area contributed by atoms with Crippen LogP contribution in [0.4, 0.5) is 0 Å². The Balaban J connectivity index is 0. The molecule has 0 unspecified atom stereocenters. The number of nitro groups is 1. The van der Waals surface area contributed by atoms with E-state index in [0.29, 0.717) is 0 Å². The third kappa shape index (κ3) is 14.0. The zero-order valence-corrected chi connectivity index (χ0v) is 14.2. The molecule has 13 heteroatoms. The molecule has 0 aliphatic rings. The number of hydrogen-bond donors (Lipinski definition) is 5. The van der Waals surface area contributed by atoms with Gasteiger partial charge in [-0.25, -0.2) is 10.1 Å². The highest BCUT2D eigenvalue weighted by atomic mass is 32.2. The number of nitrogens with two attached hydrogens (primary N) is 3. The molecule has 8 N–H and O–H groups in total. The maximum absolute atomic E-state index is 10.5. The quantitative estimate of drug-likeness (QED) is 0.104. The summed E-state index contributed by atoms with van der Waals surface area (Å²) >= 11 is 0. The van der Waals surface area contributed by atoms with Crippen molar-refractivity contribution in [3.63, 3.8) is 0 Å². The van der Waals surface area contributed by atoms with E-state index < -0.39 is 15.2 Å². The Morgan fingerprint density at radius 1 is 1.29 bits per heavy atom. The Kier molecular flexibility index (Phi) is 10.4. The minimum atomic E-state index is -4.02. The molecule has 24 heavy (non-hydrogen) atoms. The van der Waals surface area contributed by atoms with Gasteiger partial charge in [0, 0.05) is 14.1 Å². The van der Waals surface area contributed by atoms with Crippen molar-refractivity contribution in [2.24, 2.45) is 22.3 Å². The second kappa shape index (κ2) is 10.7. The highest BCUT2D eigenvalue weighted by Gasteiger charge is 2.06. The summed E-state index contributed by atoms with van der Waals surface area (Å²) in [7, 11) is -0.641. The summed E-state index contributed by atoms with van der Waals surface area (Å²) in [5, 5.41) is 14.6. The molecule has 1 aromatic rings. The number of hydrogen-bond acceptors (Lipinski definition) is 5. The van der Waals surface area contributed by atoms with E-state index in [9.17, 15) is 8.42 Å². The van der Waals surface area contributed by atoms with E-state index in [4.69, 9.17) is 31.5 Å². The predicted octanol–water partition coefficient (Wildman–Crippen LogP) is -0.865. The molecule has 0 aromatic heterocycles. The van der Waals surface area contributed by atoms with Crippen molar-refractivity contribution in [1.29, 1.82) is 5.41 Å². The van der Waals surface area contributed by atoms with Crippen molar-refractivity contribution in [2.75, 3.05) is 14.1 Å². The standard InChI is InChI=1S/C7H8O3S.C4H11N5.H2N2O2/c1-6-2-4-7(5-3-6)11(8,9)10;1-9(2)4(7)8-3(5)6;1-2(3)4/h2-5H,1H3,(H,8,9,10);1-2H3,(H5,5,6,7,8);1H2. The number of rotatable bonds is 1. The number of benzene rings is 1. The van der Waals surface area contributed by atoms with Gasteiger partial charge < -0.3 is 16.4 Å². The molecule has 0 amide bonds. The zero-order valence-electron chi connectivity index (χ0n) is 13.4. The molecule has 0 atom stereocenters. The molecule has 0 fully saturated rings. The van der Waals surface area contributed by atoms with Gasteiger partial charge >= 0.3 is 0 Å². The molecule has 0 radical (unpaired) electrons. The number of nitrogens with zero attached hydrogens (tertiary/aromatic N) is 3. The van der Waals surface area contributed by atoms with Crippen LogP contribution in [0.3, 0.4) is 0 Å². The van der Waals surface area contributed by atoms with Crippen LogP contribution < -0.4 is 17.3 Å². The molecule has 0 aliphatic heterocycles. The summed E-state index contributed by atoms with van der Waals surface area (Å²) in [5.41, 5.74) is 10.9. The first-order chi connectivity index (χ1) is 10.8. The van der Waals surface area contributed by atoms with Gasteiger partial charge in [-0.2, -0.15) is 19.3 Å². The molecule has 0 bridgehead atoms. The highest BCUT2D eigenvalue weighted by molar-refractivity contribution is 7.85. The third-order valence-corrected chi connectivity index (χ3v) is 2.85. The molecule has 0 saturated heterocycles. The van der Waals surface area contributed by atoms with Gasteiger partial charge in [0.25, 0.3) is 10.1 Å². The molecule has 0 aliphatic carbocycles. The van der Waals surface area contributed by atoms with Crippen LogP contribution in [0.5, 0.6) is 0 Å². The van der Waals surface area contributed by atoms with Crippen molar-refractivity contribution < 1.29 is 18.0 Å². The SMILES string of the molecule is CN(C)C(=N)N=C(N)N.Cc1ccc(S(=O)(=O)O)cc1.N[N+](=O)[O-]. The Morgan fingerprint density at radius 2 is 1.67 bits per heavy atom. The highest BCUT2D eigenvalue weighted by Crippen LogP contribution is 2.08. The average molecular weight is 363 g/mol. The fourth-order valence-corrected chi connectivity index (χ4v) is 1.41. The van der Waals surface area contributed by atoms with Gasteiger partial charge in [-0.05, 0) is 19.1 Å². The fraction of sp³-hybridized carbons (Fsp3) is 0.273. The lowest BCUT2D eigenvalue weighted by molar-refractivity contribution is -0.491. The first kappa shape index (κ1) is 23.3. The van der Waals surface area contributed by atoms with Crippen LogP contribution in [-0.4, -0.2) is 48.9 Å². The molecule has 0 heterocycles. The van der Waals surface area contributed by atoms with Crippen LogP contribution in [0.15, 0.2) is 34.2 Å². The van der Waals surface area contributed by atoms with Crippen LogP contribution in [0.1, 0.15) is 5.56 Å². The van der Waals surface area contributed by atoms with Gasteiger partial charge in [-0.15, -0.1) is 0 Å². The van der Waals surface area contributed by atoms with E-state index in [1.54, 1.807) is 26.2 Å². The maximum Gasteiger partial charge on any atom is 0.294 e. The summed E-state index contributed by atoms with van der Waals surface area (Å²) in [5.74, 6) is 3.80. The Bertz CT molecular complexity index is 663. The monoisotopic (exact) mass is 363 g/mol. The molecule has 1 rings (SSSR count). The number of guanidine groups is 2. The van der Waals surface area contributed by atoms with Crippen molar-refractivity contribution in [3.05, 3.63) is 39.9 Å². The van der Waals surface area contributed by atoms with Crippen molar-refractivity contribution in [3.8, 4) is 0 Å². The summed E-state index contributed by atoms with van der Waals surface area (Å²) in [6.45, 7) is 1.84. The Hall–Kier alpha value is -2.93. The van der Waals surface area contributed by atoms with Crippen molar-refractivity contribution in [2.45, 2.75) is 11.8 Å². The van der Waals surface area contributed by atoms with E-state index in [1.165, 1.54) is 17.0 Å².